The fourth-order valence-corrected chi connectivity index (χ4v) is 4.75. The quantitative estimate of drug-likeness (QED) is 0.881. The van der Waals surface area contributed by atoms with E-state index < -0.39 is 0 Å². The largest absolute Gasteiger partial charge is 0.451 e. The summed E-state index contributed by atoms with van der Waals surface area (Å²) in [5, 5.41) is 7.20. The monoisotopic (exact) mass is 354 g/mol. The van der Waals surface area contributed by atoms with Gasteiger partial charge in [-0.3, -0.25) is 9.59 Å². The average molecular weight is 354 g/mol. The van der Waals surface area contributed by atoms with E-state index in [0.29, 0.717) is 24.0 Å². The number of benzene rings is 1. The molecule has 1 aromatic heterocycles. The molecule has 1 aliphatic heterocycles. The number of hydrogen-bond donors (Lipinski definition) is 2. The van der Waals surface area contributed by atoms with Crippen LogP contribution in [0.1, 0.15) is 56.0 Å². The smallest absolute Gasteiger partial charge is 0.287 e. The molecule has 0 bridgehead atoms. The predicted octanol–water partition coefficient (Wildman–Crippen LogP) is 3.64. The van der Waals surface area contributed by atoms with E-state index in [1.54, 1.807) is 6.07 Å². The van der Waals surface area contributed by atoms with E-state index in [-0.39, 0.29) is 23.9 Å². The van der Waals surface area contributed by atoms with Crippen LogP contribution in [0.5, 0.6) is 0 Å². The van der Waals surface area contributed by atoms with Crippen molar-refractivity contribution in [3.63, 3.8) is 0 Å². The normalized spacial score (nSPS) is 28.4. The Kier molecular flexibility index (Phi) is 4.70. The highest BCUT2D eigenvalue weighted by Gasteiger charge is 2.40. The molecule has 2 aliphatic rings. The molecule has 5 heteroatoms. The molecule has 26 heavy (non-hydrogen) atoms. The van der Waals surface area contributed by atoms with Crippen molar-refractivity contribution in [2.75, 3.05) is 0 Å². The van der Waals surface area contributed by atoms with Gasteiger partial charge in [0.25, 0.3) is 5.91 Å². The molecule has 4 rings (SSSR count). The lowest BCUT2D eigenvalue weighted by Gasteiger charge is -2.44. The van der Waals surface area contributed by atoms with Crippen molar-refractivity contribution >= 4 is 22.8 Å². The predicted molar refractivity (Wildman–Crippen MR) is 99.8 cm³/mol. The first-order valence-corrected chi connectivity index (χ1v) is 9.73. The van der Waals surface area contributed by atoms with Gasteiger partial charge in [0, 0.05) is 23.9 Å². The maximum Gasteiger partial charge on any atom is 0.287 e. The van der Waals surface area contributed by atoms with Crippen molar-refractivity contribution in [2.45, 2.75) is 57.5 Å². The summed E-state index contributed by atoms with van der Waals surface area (Å²) < 4.78 is 5.66. The second-order valence-corrected chi connectivity index (χ2v) is 7.72. The summed E-state index contributed by atoms with van der Waals surface area (Å²) in [5.41, 5.74) is 0.725. The third-order valence-corrected chi connectivity index (χ3v) is 5.95. The number of carbonyl (C=O) groups is 2. The summed E-state index contributed by atoms with van der Waals surface area (Å²) in [6, 6.07) is 9.68. The second-order valence-electron chi connectivity index (χ2n) is 7.72. The minimum Gasteiger partial charge on any atom is -0.451 e. The van der Waals surface area contributed by atoms with Crippen LogP contribution in [0.2, 0.25) is 0 Å². The fourth-order valence-electron chi connectivity index (χ4n) is 4.75. The van der Waals surface area contributed by atoms with Gasteiger partial charge in [-0.1, -0.05) is 31.5 Å². The van der Waals surface area contributed by atoms with Crippen molar-refractivity contribution in [1.29, 1.82) is 0 Å². The first kappa shape index (κ1) is 17.1. The van der Waals surface area contributed by atoms with Crippen LogP contribution in [-0.2, 0) is 4.79 Å². The Hall–Kier alpha value is -2.30. The van der Waals surface area contributed by atoms with Crippen LogP contribution < -0.4 is 10.6 Å². The van der Waals surface area contributed by atoms with Crippen molar-refractivity contribution in [1.82, 2.24) is 10.6 Å². The van der Waals surface area contributed by atoms with E-state index in [9.17, 15) is 9.59 Å². The van der Waals surface area contributed by atoms with E-state index in [4.69, 9.17) is 4.42 Å². The van der Waals surface area contributed by atoms with Crippen LogP contribution in [0.3, 0.4) is 0 Å². The zero-order valence-electron chi connectivity index (χ0n) is 15.2. The highest BCUT2D eigenvalue weighted by Crippen LogP contribution is 2.37. The molecule has 1 aromatic carbocycles. The zero-order valence-corrected chi connectivity index (χ0v) is 15.2. The lowest BCUT2D eigenvalue weighted by Crippen LogP contribution is -2.55. The van der Waals surface area contributed by atoms with Gasteiger partial charge in [-0.05, 0) is 49.7 Å². The van der Waals surface area contributed by atoms with Crippen LogP contribution in [0.15, 0.2) is 34.7 Å². The molecule has 4 atom stereocenters. The Morgan fingerprint density at radius 2 is 2.15 bits per heavy atom. The number of piperidine rings is 1. The number of rotatable bonds is 4. The number of carbonyl (C=O) groups excluding carboxylic acids is 2. The minimum atomic E-state index is -0.170. The number of fused-ring (bicyclic) bond motifs is 2. The van der Waals surface area contributed by atoms with E-state index in [1.165, 1.54) is 0 Å². The van der Waals surface area contributed by atoms with Gasteiger partial charge in [-0.2, -0.15) is 0 Å². The fraction of sp³-hybridized carbons (Fsp3) is 0.524. The van der Waals surface area contributed by atoms with Crippen molar-refractivity contribution in [3.8, 4) is 0 Å². The van der Waals surface area contributed by atoms with E-state index in [0.717, 1.165) is 43.1 Å². The lowest BCUT2D eigenvalue weighted by atomic mass is 9.70. The van der Waals surface area contributed by atoms with E-state index in [1.807, 2.05) is 24.3 Å². The van der Waals surface area contributed by atoms with Gasteiger partial charge in [0.2, 0.25) is 5.91 Å². The van der Waals surface area contributed by atoms with E-state index >= 15 is 0 Å². The molecule has 1 aliphatic carbocycles. The standard InChI is InChI=1S/C21H26N2O3/c1-2-5-13-11-20(24)23-17-12-15(8-9-16(13)17)22-21(25)19-10-14-6-3-4-7-18(14)26-19/h3-4,6-7,10,13,15-17H,2,5,8-9,11-12H2,1H3,(H,22,25)(H,23,24). The number of nitrogens with one attached hydrogen (secondary N) is 2. The Bertz CT molecular complexity index is 779. The molecule has 5 nitrogen and oxygen atoms in total. The molecule has 2 heterocycles. The Balaban J connectivity index is 1.41. The number of amides is 2. The van der Waals surface area contributed by atoms with Gasteiger partial charge in [0.15, 0.2) is 5.76 Å². The SMILES string of the molecule is CCCC1CC(=O)NC2CC(NC(=O)c3cc4ccccc4o3)CCC12. The van der Waals surface area contributed by atoms with E-state index in [2.05, 4.69) is 17.6 Å². The van der Waals surface area contributed by atoms with Crippen molar-refractivity contribution in [2.24, 2.45) is 11.8 Å². The maximum absolute atomic E-state index is 12.6. The summed E-state index contributed by atoms with van der Waals surface area (Å²) >= 11 is 0. The number of para-hydroxylation sites is 1. The Morgan fingerprint density at radius 3 is 2.96 bits per heavy atom. The first-order chi connectivity index (χ1) is 12.6. The second kappa shape index (κ2) is 7.14. The van der Waals surface area contributed by atoms with Gasteiger partial charge in [-0.25, -0.2) is 0 Å². The van der Waals surface area contributed by atoms with Gasteiger partial charge < -0.3 is 15.1 Å². The third-order valence-electron chi connectivity index (χ3n) is 5.95. The average Bonchev–Trinajstić information content (AvgIpc) is 3.06. The number of hydrogen-bond acceptors (Lipinski definition) is 3. The topological polar surface area (TPSA) is 71.3 Å². The molecule has 0 spiro atoms. The molecular weight excluding hydrogens is 328 g/mol. The van der Waals surface area contributed by atoms with Crippen LogP contribution in [0, 0.1) is 11.8 Å². The van der Waals surface area contributed by atoms with Crippen LogP contribution >= 0.6 is 0 Å². The summed E-state index contributed by atoms with van der Waals surface area (Å²) in [7, 11) is 0. The third kappa shape index (κ3) is 3.35. The van der Waals surface area contributed by atoms with Crippen LogP contribution in [0.25, 0.3) is 11.0 Å². The van der Waals surface area contributed by atoms with Crippen LogP contribution in [0.4, 0.5) is 0 Å². The molecule has 1 saturated carbocycles. The van der Waals surface area contributed by atoms with Gasteiger partial charge in [0.1, 0.15) is 5.58 Å². The lowest BCUT2D eigenvalue weighted by molar-refractivity contribution is -0.127. The van der Waals surface area contributed by atoms with Gasteiger partial charge in [-0.15, -0.1) is 0 Å². The molecule has 1 saturated heterocycles. The highest BCUT2D eigenvalue weighted by molar-refractivity contribution is 5.96. The van der Waals surface area contributed by atoms with Crippen LogP contribution in [-0.4, -0.2) is 23.9 Å². The zero-order chi connectivity index (χ0) is 18.1. The molecule has 138 valence electrons. The molecule has 2 fully saturated rings. The molecule has 2 amide bonds. The summed E-state index contributed by atoms with van der Waals surface area (Å²) in [4.78, 5) is 24.6. The van der Waals surface area contributed by atoms with Crippen molar-refractivity contribution in [3.05, 3.63) is 36.1 Å². The molecular formula is C21H26N2O3. The molecule has 4 unspecified atom stereocenters. The summed E-state index contributed by atoms with van der Waals surface area (Å²) in [5.74, 6) is 1.38. The summed E-state index contributed by atoms with van der Waals surface area (Å²) in [6.07, 6.45) is 5.72. The number of furan rings is 1. The Labute approximate surface area is 153 Å². The summed E-state index contributed by atoms with van der Waals surface area (Å²) in [6.45, 7) is 2.18. The maximum atomic E-state index is 12.6. The highest BCUT2D eigenvalue weighted by atomic mass is 16.3. The molecule has 0 radical (unpaired) electrons. The molecule has 2 aromatic rings. The minimum absolute atomic E-state index is 0.0811. The van der Waals surface area contributed by atoms with Crippen molar-refractivity contribution < 1.29 is 14.0 Å². The molecule has 2 N–H and O–H groups in total. The van der Waals surface area contributed by atoms with Gasteiger partial charge in [0.05, 0.1) is 0 Å². The first-order valence-electron chi connectivity index (χ1n) is 9.73. The van der Waals surface area contributed by atoms with Gasteiger partial charge >= 0.3 is 0 Å². The Morgan fingerprint density at radius 1 is 1.31 bits per heavy atom.